The van der Waals surface area contributed by atoms with Gasteiger partial charge in [0, 0.05) is 50.9 Å². The minimum atomic E-state index is -0.433. The molecular weight excluding hydrogens is 404 g/mol. The van der Waals surface area contributed by atoms with Gasteiger partial charge < -0.3 is 19.4 Å². The molecule has 0 saturated carbocycles. The molecule has 1 saturated heterocycles. The lowest BCUT2D eigenvalue weighted by Gasteiger charge is -2.34. The average molecular weight is 435 g/mol. The highest BCUT2D eigenvalue weighted by Gasteiger charge is 2.28. The van der Waals surface area contributed by atoms with Crippen molar-refractivity contribution >= 4 is 23.2 Å². The Bertz CT molecular complexity index is 884. The Balaban J connectivity index is 1.59. The van der Waals surface area contributed by atoms with Crippen LogP contribution in [-0.2, 0) is 22.4 Å². The summed E-state index contributed by atoms with van der Waals surface area (Å²) in [6.07, 6.45) is 0.962. The van der Waals surface area contributed by atoms with Crippen molar-refractivity contribution in [2.24, 2.45) is 0 Å². The summed E-state index contributed by atoms with van der Waals surface area (Å²) in [6, 6.07) is 0. The van der Waals surface area contributed by atoms with E-state index in [2.05, 4.69) is 27.2 Å². The number of carbonyl (C=O) groups is 2. The number of aromatic amines is 1. The molecule has 164 valence electrons. The predicted octanol–water partition coefficient (Wildman–Crippen LogP) is 2.41. The normalized spacial score (nSPS) is 14.9. The summed E-state index contributed by atoms with van der Waals surface area (Å²) < 4.78 is 10.1. The Hall–Kier alpha value is -2.23. The second-order valence-corrected chi connectivity index (χ2v) is 8.35. The smallest absolute Gasteiger partial charge is 0.340 e. The number of carbonyl (C=O) groups excluding carboxylic acids is 2. The van der Waals surface area contributed by atoms with E-state index in [1.54, 1.807) is 32.3 Å². The Morgan fingerprint density at radius 1 is 1.20 bits per heavy atom. The third kappa shape index (κ3) is 5.08. The first-order chi connectivity index (χ1) is 14.4. The summed E-state index contributed by atoms with van der Waals surface area (Å²) in [5.41, 5.74) is 3.28. The highest BCUT2D eigenvalue weighted by molar-refractivity contribution is 7.09. The molecular formula is C21H30N4O4S. The van der Waals surface area contributed by atoms with E-state index in [9.17, 15) is 9.59 Å². The monoisotopic (exact) mass is 434 g/mol. The SMILES string of the molecule is CCc1nc(CN2CCN(C(=O)c3[nH]c(C)c(C(=O)OCCOC)c3C)CC2)cs1. The van der Waals surface area contributed by atoms with Crippen molar-refractivity contribution in [3.05, 3.63) is 38.6 Å². The number of ether oxygens (including phenoxy) is 2. The molecule has 0 aromatic carbocycles. The molecule has 2 aromatic rings. The fraction of sp³-hybridized carbons (Fsp3) is 0.571. The molecule has 1 aliphatic heterocycles. The third-order valence-corrected chi connectivity index (χ3v) is 6.36. The zero-order valence-electron chi connectivity index (χ0n) is 18.1. The summed E-state index contributed by atoms with van der Waals surface area (Å²) in [6.45, 7) is 9.92. The van der Waals surface area contributed by atoms with Crippen molar-refractivity contribution in [3.8, 4) is 0 Å². The van der Waals surface area contributed by atoms with E-state index in [0.717, 1.165) is 36.8 Å². The molecule has 1 fully saturated rings. The fourth-order valence-electron chi connectivity index (χ4n) is 3.64. The van der Waals surface area contributed by atoms with E-state index in [0.29, 0.717) is 42.2 Å². The molecule has 30 heavy (non-hydrogen) atoms. The average Bonchev–Trinajstić information content (AvgIpc) is 3.31. The Labute approximate surface area is 181 Å². The van der Waals surface area contributed by atoms with Crippen LogP contribution in [0.3, 0.4) is 0 Å². The van der Waals surface area contributed by atoms with Crippen molar-refractivity contribution in [3.63, 3.8) is 0 Å². The summed E-state index contributed by atoms with van der Waals surface area (Å²) in [5, 5.41) is 3.28. The maximum Gasteiger partial charge on any atom is 0.340 e. The van der Waals surface area contributed by atoms with Gasteiger partial charge in [-0.1, -0.05) is 6.92 Å². The van der Waals surface area contributed by atoms with E-state index in [1.807, 2.05) is 4.90 Å². The fourth-order valence-corrected chi connectivity index (χ4v) is 4.38. The quantitative estimate of drug-likeness (QED) is 0.507. The van der Waals surface area contributed by atoms with E-state index in [1.165, 1.54) is 0 Å². The minimum Gasteiger partial charge on any atom is -0.460 e. The van der Waals surface area contributed by atoms with Crippen LogP contribution < -0.4 is 0 Å². The van der Waals surface area contributed by atoms with Gasteiger partial charge in [-0.2, -0.15) is 0 Å². The summed E-state index contributed by atoms with van der Waals surface area (Å²) >= 11 is 1.70. The second kappa shape index (κ2) is 10.2. The number of piperazine rings is 1. The Kier molecular flexibility index (Phi) is 7.63. The number of aromatic nitrogens is 2. The lowest BCUT2D eigenvalue weighted by molar-refractivity contribution is 0.0387. The molecule has 1 amide bonds. The number of methoxy groups -OCH3 is 1. The first-order valence-corrected chi connectivity index (χ1v) is 11.1. The topological polar surface area (TPSA) is 87.8 Å². The van der Waals surface area contributed by atoms with Crippen molar-refractivity contribution in [1.29, 1.82) is 0 Å². The summed E-state index contributed by atoms with van der Waals surface area (Å²) in [4.78, 5) is 37.3. The van der Waals surface area contributed by atoms with Gasteiger partial charge in [0.25, 0.3) is 5.91 Å². The van der Waals surface area contributed by atoms with Gasteiger partial charge in [-0.05, 0) is 25.8 Å². The van der Waals surface area contributed by atoms with Crippen LogP contribution in [0.4, 0.5) is 0 Å². The largest absolute Gasteiger partial charge is 0.460 e. The molecule has 3 rings (SSSR count). The van der Waals surface area contributed by atoms with Gasteiger partial charge in [-0.15, -0.1) is 11.3 Å². The van der Waals surface area contributed by atoms with E-state index in [4.69, 9.17) is 9.47 Å². The van der Waals surface area contributed by atoms with E-state index >= 15 is 0 Å². The van der Waals surface area contributed by atoms with Gasteiger partial charge in [-0.3, -0.25) is 9.69 Å². The van der Waals surface area contributed by atoms with Crippen LogP contribution >= 0.6 is 11.3 Å². The molecule has 8 nitrogen and oxygen atoms in total. The molecule has 2 aromatic heterocycles. The number of esters is 1. The maximum absolute atomic E-state index is 13.1. The second-order valence-electron chi connectivity index (χ2n) is 7.41. The van der Waals surface area contributed by atoms with Crippen LogP contribution in [0.5, 0.6) is 0 Å². The van der Waals surface area contributed by atoms with Crippen LogP contribution in [0.1, 0.15) is 49.7 Å². The third-order valence-electron chi connectivity index (χ3n) is 5.32. The highest BCUT2D eigenvalue weighted by atomic mass is 32.1. The molecule has 0 aliphatic carbocycles. The molecule has 0 radical (unpaired) electrons. The number of nitrogens with one attached hydrogen (secondary N) is 1. The molecule has 9 heteroatoms. The number of H-pyrrole nitrogens is 1. The number of hydrogen-bond donors (Lipinski definition) is 1. The van der Waals surface area contributed by atoms with Crippen LogP contribution in [0.2, 0.25) is 0 Å². The highest BCUT2D eigenvalue weighted by Crippen LogP contribution is 2.21. The number of rotatable bonds is 8. The number of amides is 1. The molecule has 1 aliphatic rings. The molecule has 0 spiro atoms. The number of hydrogen-bond acceptors (Lipinski definition) is 7. The van der Waals surface area contributed by atoms with Crippen LogP contribution in [0.25, 0.3) is 0 Å². The lowest BCUT2D eigenvalue weighted by atomic mass is 10.1. The lowest BCUT2D eigenvalue weighted by Crippen LogP contribution is -2.48. The van der Waals surface area contributed by atoms with Gasteiger partial charge in [0.2, 0.25) is 0 Å². The standard InChI is InChI=1S/C21H30N4O4S/c1-5-17-23-16(13-30-17)12-24-6-8-25(9-7-24)20(26)19-14(2)18(15(3)22-19)21(27)29-11-10-28-4/h13,22H,5-12H2,1-4H3. The van der Waals surface area contributed by atoms with E-state index < -0.39 is 5.97 Å². The number of thiazole rings is 1. The zero-order chi connectivity index (χ0) is 21.7. The van der Waals surface area contributed by atoms with E-state index in [-0.39, 0.29) is 12.5 Å². The van der Waals surface area contributed by atoms with Crippen LogP contribution in [-0.4, -0.2) is 78.1 Å². The zero-order valence-corrected chi connectivity index (χ0v) is 18.9. The van der Waals surface area contributed by atoms with Crippen molar-refractivity contribution in [2.75, 3.05) is 46.5 Å². The molecule has 0 bridgehead atoms. The maximum atomic E-state index is 13.1. The molecule has 0 unspecified atom stereocenters. The van der Waals surface area contributed by atoms with Gasteiger partial charge in [0.15, 0.2) is 0 Å². The minimum absolute atomic E-state index is 0.0758. The van der Waals surface area contributed by atoms with Crippen molar-refractivity contribution in [2.45, 2.75) is 33.7 Å². The Morgan fingerprint density at radius 3 is 2.57 bits per heavy atom. The van der Waals surface area contributed by atoms with Crippen molar-refractivity contribution in [1.82, 2.24) is 19.8 Å². The van der Waals surface area contributed by atoms with Crippen molar-refractivity contribution < 1.29 is 19.1 Å². The predicted molar refractivity (Wildman–Crippen MR) is 115 cm³/mol. The first-order valence-electron chi connectivity index (χ1n) is 10.2. The molecule has 0 atom stereocenters. The van der Waals surface area contributed by atoms with Gasteiger partial charge in [-0.25, -0.2) is 9.78 Å². The first kappa shape index (κ1) is 22.5. The van der Waals surface area contributed by atoms with Gasteiger partial charge in [0.05, 0.1) is 22.9 Å². The Morgan fingerprint density at radius 2 is 1.93 bits per heavy atom. The van der Waals surface area contributed by atoms with Gasteiger partial charge in [0.1, 0.15) is 12.3 Å². The summed E-state index contributed by atoms with van der Waals surface area (Å²) in [7, 11) is 1.55. The summed E-state index contributed by atoms with van der Waals surface area (Å²) in [5.74, 6) is -0.509. The molecule has 3 heterocycles. The number of nitrogens with zero attached hydrogens (tertiary/aromatic N) is 3. The van der Waals surface area contributed by atoms with Crippen LogP contribution in [0, 0.1) is 13.8 Å². The molecule has 1 N–H and O–H groups in total. The number of aryl methyl sites for hydroxylation is 2. The van der Waals surface area contributed by atoms with Gasteiger partial charge >= 0.3 is 5.97 Å². The van der Waals surface area contributed by atoms with Crippen LogP contribution in [0.15, 0.2) is 5.38 Å².